The van der Waals surface area contributed by atoms with E-state index >= 15 is 0 Å². The first kappa shape index (κ1) is 36.8. The summed E-state index contributed by atoms with van der Waals surface area (Å²) >= 11 is 1.87. The molecule has 0 bridgehead atoms. The van der Waals surface area contributed by atoms with Gasteiger partial charge in [-0.15, -0.1) is 11.3 Å². The lowest BCUT2D eigenvalue weighted by molar-refractivity contribution is 0.660. The molecule has 0 fully saturated rings. The van der Waals surface area contributed by atoms with Crippen LogP contribution in [-0.2, 0) is 10.8 Å². The maximum absolute atomic E-state index is 2.45. The highest BCUT2D eigenvalue weighted by Gasteiger charge is 2.38. The molecule has 12 rings (SSSR count). The van der Waals surface area contributed by atoms with E-state index in [2.05, 4.69) is 233 Å². The molecule has 0 amide bonds. The van der Waals surface area contributed by atoms with Gasteiger partial charge in [0, 0.05) is 47.9 Å². The van der Waals surface area contributed by atoms with Gasteiger partial charge in [0.2, 0.25) is 0 Å². The maximum Gasteiger partial charge on any atom is 0.0543 e. The summed E-state index contributed by atoms with van der Waals surface area (Å²) in [6, 6.07) is 74.7. The quantitative estimate of drug-likeness (QED) is 0.162. The average molecular weight is 812 g/mol. The van der Waals surface area contributed by atoms with Crippen molar-refractivity contribution in [2.24, 2.45) is 0 Å². The number of nitrogens with zero attached hydrogens (tertiary/aromatic N) is 1. The minimum atomic E-state index is -0.0976. The highest BCUT2D eigenvalue weighted by atomic mass is 32.1. The summed E-state index contributed by atoms with van der Waals surface area (Å²) in [5.74, 6) is 0. The van der Waals surface area contributed by atoms with Crippen molar-refractivity contribution in [3.8, 4) is 55.6 Å². The van der Waals surface area contributed by atoms with Gasteiger partial charge in [-0.25, -0.2) is 0 Å². The third-order valence-electron chi connectivity index (χ3n) is 13.9. The Bertz CT molecular complexity index is 3380. The molecule has 1 heterocycles. The predicted molar refractivity (Wildman–Crippen MR) is 265 cm³/mol. The summed E-state index contributed by atoms with van der Waals surface area (Å²) in [5, 5.41) is 2.66. The topological polar surface area (TPSA) is 3.24 Å². The zero-order chi connectivity index (χ0) is 41.7. The summed E-state index contributed by atoms with van der Waals surface area (Å²) in [5.41, 5.74) is 21.6. The van der Waals surface area contributed by atoms with Gasteiger partial charge in [0.1, 0.15) is 0 Å². The van der Waals surface area contributed by atoms with E-state index in [0.717, 1.165) is 11.4 Å². The van der Waals surface area contributed by atoms with E-state index in [1.54, 1.807) is 0 Å². The van der Waals surface area contributed by atoms with Crippen LogP contribution in [0, 0.1) is 0 Å². The fourth-order valence-electron chi connectivity index (χ4n) is 10.6. The number of anilines is 3. The van der Waals surface area contributed by atoms with Crippen molar-refractivity contribution in [1.82, 2.24) is 0 Å². The summed E-state index contributed by atoms with van der Waals surface area (Å²) in [6.45, 7) is 9.40. The van der Waals surface area contributed by atoms with Gasteiger partial charge in [0.15, 0.2) is 0 Å². The Kier molecular flexibility index (Phi) is 8.17. The normalized spacial score (nSPS) is 14.1. The molecule has 2 aliphatic carbocycles. The first-order chi connectivity index (χ1) is 30.2. The Hall–Kier alpha value is -7.00. The molecule has 9 aromatic carbocycles. The van der Waals surface area contributed by atoms with E-state index in [4.69, 9.17) is 0 Å². The second kappa shape index (κ2) is 13.8. The van der Waals surface area contributed by atoms with E-state index < -0.39 is 0 Å². The summed E-state index contributed by atoms with van der Waals surface area (Å²) < 4.78 is 2.66. The molecule has 0 saturated carbocycles. The number of thiophene rings is 1. The van der Waals surface area contributed by atoms with Gasteiger partial charge in [0.25, 0.3) is 0 Å². The van der Waals surface area contributed by atoms with Crippen molar-refractivity contribution >= 4 is 48.6 Å². The van der Waals surface area contributed by atoms with E-state index in [0.29, 0.717) is 0 Å². The van der Waals surface area contributed by atoms with Crippen molar-refractivity contribution < 1.29 is 0 Å². The molecule has 1 nitrogen and oxygen atoms in total. The van der Waals surface area contributed by atoms with Gasteiger partial charge >= 0.3 is 0 Å². The fraction of sp³-hybridized carbons (Fsp3) is 0.100. The molecular formula is C60H45NS. The molecule has 0 unspecified atom stereocenters. The Labute approximate surface area is 368 Å². The summed E-state index contributed by atoms with van der Waals surface area (Å²) in [6.07, 6.45) is 0. The minimum absolute atomic E-state index is 0.0108. The van der Waals surface area contributed by atoms with Crippen LogP contribution in [0.3, 0.4) is 0 Å². The zero-order valence-electron chi connectivity index (χ0n) is 35.4. The Balaban J connectivity index is 0.908. The molecule has 0 spiro atoms. The van der Waals surface area contributed by atoms with Crippen molar-refractivity contribution in [3.63, 3.8) is 0 Å². The predicted octanol–water partition coefficient (Wildman–Crippen LogP) is 17.1. The highest BCUT2D eigenvalue weighted by molar-refractivity contribution is 7.25. The third kappa shape index (κ3) is 5.60. The van der Waals surface area contributed by atoms with E-state index in [-0.39, 0.29) is 10.8 Å². The van der Waals surface area contributed by atoms with Crippen molar-refractivity contribution in [3.05, 3.63) is 222 Å². The monoisotopic (exact) mass is 811 g/mol. The smallest absolute Gasteiger partial charge is 0.0543 e. The fourth-order valence-corrected chi connectivity index (χ4v) is 11.8. The minimum Gasteiger partial charge on any atom is -0.310 e. The molecule has 0 N–H and O–H groups in total. The molecular weight excluding hydrogens is 767 g/mol. The maximum atomic E-state index is 2.45. The van der Waals surface area contributed by atoms with Gasteiger partial charge in [-0.1, -0.05) is 179 Å². The number of hydrogen-bond donors (Lipinski definition) is 0. The molecule has 62 heavy (non-hydrogen) atoms. The average Bonchev–Trinajstić information content (AvgIpc) is 3.89. The van der Waals surface area contributed by atoms with Crippen molar-refractivity contribution in [1.29, 1.82) is 0 Å². The standard InChI is InChI=1S/C60H45NS/c1-59(2)51-15-8-5-12-46(51)50-36-42(29-35-53(50)59)40-22-20-38(21-23-40)39-24-30-44(31-25-39)61(55-18-11-17-54-58(55)49-14-6-9-16-52(49)60(54,3)4)45-32-26-41(27-33-45)43-28-34-48-47-13-7-10-19-56(47)62-57(48)37-43/h5-37H,1-4H3. The molecule has 1 aromatic heterocycles. The van der Waals surface area contributed by atoms with Crippen LogP contribution < -0.4 is 4.90 Å². The van der Waals surface area contributed by atoms with Crippen molar-refractivity contribution in [2.45, 2.75) is 38.5 Å². The van der Waals surface area contributed by atoms with Gasteiger partial charge < -0.3 is 4.90 Å². The van der Waals surface area contributed by atoms with E-state index in [1.165, 1.54) is 104 Å². The van der Waals surface area contributed by atoms with E-state index in [1.807, 2.05) is 11.3 Å². The van der Waals surface area contributed by atoms with Crippen LogP contribution in [0.15, 0.2) is 200 Å². The Morgan fingerprint density at radius 3 is 1.50 bits per heavy atom. The Morgan fingerprint density at radius 2 is 0.806 bits per heavy atom. The molecule has 10 aromatic rings. The number of hydrogen-bond acceptors (Lipinski definition) is 2. The molecule has 0 atom stereocenters. The molecule has 0 aliphatic heterocycles. The van der Waals surface area contributed by atoms with Gasteiger partial charge in [-0.05, 0) is 121 Å². The molecule has 0 saturated heterocycles. The van der Waals surface area contributed by atoms with Crippen LogP contribution in [0.4, 0.5) is 17.1 Å². The van der Waals surface area contributed by atoms with Gasteiger partial charge in [0.05, 0.1) is 5.69 Å². The molecule has 2 heteroatoms. The SMILES string of the molecule is CC1(C)c2ccccc2-c2cc(-c3ccc(-c4ccc(N(c5ccc(-c6ccc7c(c6)sc6ccccc67)cc5)c5cccc6c5-c5ccccc5C6(C)C)cc4)cc3)ccc21. The second-order valence-electron chi connectivity index (χ2n) is 18.1. The van der Waals surface area contributed by atoms with Crippen LogP contribution in [0.2, 0.25) is 0 Å². The molecule has 2 aliphatic rings. The van der Waals surface area contributed by atoms with E-state index in [9.17, 15) is 0 Å². The third-order valence-corrected chi connectivity index (χ3v) is 15.1. The van der Waals surface area contributed by atoms with Crippen molar-refractivity contribution in [2.75, 3.05) is 4.90 Å². The van der Waals surface area contributed by atoms with Gasteiger partial charge in [-0.2, -0.15) is 0 Å². The lowest BCUT2D eigenvalue weighted by atomic mass is 9.82. The lowest BCUT2D eigenvalue weighted by Crippen LogP contribution is -2.16. The van der Waals surface area contributed by atoms with Gasteiger partial charge in [-0.3, -0.25) is 0 Å². The first-order valence-corrected chi connectivity index (χ1v) is 22.6. The number of rotatable bonds is 6. The number of fused-ring (bicyclic) bond motifs is 9. The first-order valence-electron chi connectivity index (χ1n) is 21.7. The zero-order valence-corrected chi connectivity index (χ0v) is 36.2. The second-order valence-corrected chi connectivity index (χ2v) is 19.2. The lowest BCUT2D eigenvalue weighted by Gasteiger charge is -2.29. The molecule has 0 radical (unpaired) electrons. The molecule has 296 valence electrons. The van der Waals surface area contributed by atoms with Crippen LogP contribution in [0.5, 0.6) is 0 Å². The van der Waals surface area contributed by atoms with Crippen LogP contribution in [-0.4, -0.2) is 0 Å². The number of benzene rings is 9. The van der Waals surface area contributed by atoms with Crippen LogP contribution >= 0.6 is 11.3 Å². The van der Waals surface area contributed by atoms with Crippen LogP contribution in [0.1, 0.15) is 49.9 Å². The summed E-state index contributed by atoms with van der Waals surface area (Å²) in [4.78, 5) is 2.45. The Morgan fingerprint density at radius 1 is 0.339 bits per heavy atom. The largest absolute Gasteiger partial charge is 0.310 e. The van der Waals surface area contributed by atoms with Crippen LogP contribution in [0.25, 0.3) is 75.8 Å². The highest BCUT2D eigenvalue weighted by Crippen LogP contribution is 2.54. The summed E-state index contributed by atoms with van der Waals surface area (Å²) in [7, 11) is 0.